The van der Waals surface area contributed by atoms with Crippen LogP contribution in [-0.2, 0) is 18.4 Å². The van der Waals surface area contributed by atoms with Gasteiger partial charge in [-0.25, -0.2) is 10.0 Å². The van der Waals surface area contributed by atoms with Crippen molar-refractivity contribution >= 4 is 17.0 Å². The molecule has 180 valence electrons. The van der Waals surface area contributed by atoms with Crippen molar-refractivity contribution in [3.05, 3.63) is 36.0 Å². The molecule has 1 N–H and O–H groups in total. The standard InChI is InChI=1S/C27H42N5O/c1-19(13-16-32-18-31(6)25-23(32)24(30-33-7)28-17-29-25)11-14-26(4)21(3)12-15-27(5)20(2)9-8-10-22(26)27/h9,13,17-18,21-22H,8,10-12,14-16H2,1-7H3,(H,28,29,30)/q+1/b19-13+/t21-,22-,26+,27-/m0/s1. The second-order valence-corrected chi connectivity index (χ2v) is 11.0. The van der Waals surface area contributed by atoms with Crippen molar-refractivity contribution in [2.75, 3.05) is 12.6 Å². The van der Waals surface area contributed by atoms with Gasteiger partial charge in [0, 0.05) is 0 Å². The zero-order chi connectivity index (χ0) is 23.8. The van der Waals surface area contributed by atoms with Crippen molar-refractivity contribution < 1.29 is 9.40 Å². The largest absolute Gasteiger partial charge is 0.307 e. The third-order valence-corrected chi connectivity index (χ3v) is 9.22. The molecule has 1 saturated carbocycles. The van der Waals surface area contributed by atoms with Gasteiger partial charge in [-0.2, -0.15) is 4.98 Å². The number of rotatable bonds is 7. The van der Waals surface area contributed by atoms with Crippen molar-refractivity contribution in [1.29, 1.82) is 0 Å². The van der Waals surface area contributed by atoms with Crippen LogP contribution >= 0.6 is 0 Å². The Labute approximate surface area is 199 Å². The smallest absolute Gasteiger partial charge is 0.278 e. The zero-order valence-corrected chi connectivity index (χ0v) is 21.6. The maximum Gasteiger partial charge on any atom is 0.307 e. The maximum atomic E-state index is 5.13. The van der Waals surface area contributed by atoms with Gasteiger partial charge in [0.15, 0.2) is 18.5 Å². The van der Waals surface area contributed by atoms with E-state index in [9.17, 15) is 0 Å². The topological polar surface area (TPSA) is 55.9 Å². The minimum atomic E-state index is 0.390. The number of anilines is 1. The van der Waals surface area contributed by atoms with Crippen molar-refractivity contribution in [2.45, 2.75) is 79.7 Å². The summed E-state index contributed by atoms with van der Waals surface area (Å²) >= 11 is 0. The summed E-state index contributed by atoms with van der Waals surface area (Å²) in [6, 6.07) is 0. The molecule has 0 bridgehead atoms. The molecule has 2 aliphatic carbocycles. The predicted octanol–water partition coefficient (Wildman–Crippen LogP) is 5.75. The van der Waals surface area contributed by atoms with Gasteiger partial charge in [-0.15, -0.1) is 0 Å². The molecule has 33 heavy (non-hydrogen) atoms. The van der Waals surface area contributed by atoms with Crippen LogP contribution in [0.1, 0.15) is 73.1 Å². The molecule has 2 aromatic heterocycles. The van der Waals surface area contributed by atoms with Crippen molar-refractivity contribution in [3.63, 3.8) is 0 Å². The van der Waals surface area contributed by atoms with Crippen LogP contribution < -0.4 is 10.0 Å². The Balaban J connectivity index is 1.51. The lowest BCUT2D eigenvalue weighted by Gasteiger charge is -2.58. The Morgan fingerprint density at radius 2 is 2.12 bits per heavy atom. The van der Waals surface area contributed by atoms with Gasteiger partial charge >= 0.3 is 5.65 Å². The van der Waals surface area contributed by atoms with E-state index < -0.39 is 0 Å². The minimum absolute atomic E-state index is 0.390. The van der Waals surface area contributed by atoms with Gasteiger partial charge in [-0.3, -0.25) is 9.40 Å². The molecule has 2 heterocycles. The third-order valence-electron chi connectivity index (χ3n) is 9.22. The summed E-state index contributed by atoms with van der Waals surface area (Å²) < 4.78 is 4.23. The SMILES string of the molecule is CONc1ncnc2c1n(C/C=C(\C)CC[C@]1(C)[C@@H](C)CC[C@@]3(C)C(C)=CCC[C@@H]13)c[n+]2C. The predicted molar refractivity (Wildman–Crippen MR) is 133 cm³/mol. The number of aryl methyl sites for hydroxylation is 1. The molecule has 2 aromatic rings. The summed E-state index contributed by atoms with van der Waals surface area (Å²) in [7, 11) is 3.62. The highest BCUT2D eigenvalue weighted by Crippen LogP contribution is 2.61. The Bertz CT molecular complexity index is 1070. The van der Waals surface area contributed by atoms with Crippen molar-refractivity contribution in [1.82, 2.24) is 14.5 Å². The summed E-state index contributed by atoms with van der Waals surface area (Å²) in [5.74, 6) is 2.26. The molecule has 0 radical (unpaired) electrons. The van der Waals surface area contributed by atoms with E-state index in [1.165, 1.54) is 37.7 Å². The van der Waals surface area contributed by atoms with Gasteiger partial charge in [-0.05, 0) is 75.0 Å². The molecule has 1 fully saturated rings. The quantitative estimate of drug-likeness (QED) is 0.330. The third kappa shape index (κ3) is 4.23. The Morgan fingerprint density at radius 3 is 2.88 bits per heavy atom. The van der Waals surface area contributed by atoms with Crippen LogP contribution in [0.25, 0.3) is 11.2 Å². The Kier molecular flexibility index (Phi) is 6.68. The molecule has 0 aromatic carbocycles. The number of hydrogen-bond acceptors (Lipinski definition) is 4. The molecule has 0 saturated heterocycles. The van der Waals surface area contributed by atoms with Crippen molar-refractivity contribution in [2.24, 2.45) is 29.7 Å². The average Bonchev–Trinajstić information content (AvgIpc) is 3.12. The fourth-order valence-electron chi connectivity index (χ4n) is 6.68. The normalized spacial score (nSPS) is 30.3. The second-order valence-electron chi connectivity index (χ2n) is 11.0. The number of nitrogens with one attached hydrogen (secondary N) is 1. The first-order chi connectivity index (χ1) is 15.7. The first-order valence-electron chi connectivity index (χ1n) is 12.5. The molecular formula is C27H42N5O+. The summed E-state index contributed by atoms with van der Waals surface area (Å²) in [6.07, 6.45) is 16.2. The fourth-order valence-corrected chi connectivity index (χ4v) is 6.68. The lowest BCUT2D eigenvalue weighted by molar-refractivity contribution is -0.647. The highest BCUT2D eigenvalue weighted by molar-refractivity contribution is 5.80. The molecule has 4 rings (SSSR count). The zero-order valence-electron chi connectivity index (χ0n) is 21.6. The number of nitrogens with zero attached hydrogens (tertiary/aromatic N) is 4. The van der Waals surface area contributed by atoms with Crippen LogP contribution in [0.4, 0.5) is 5.82 Å². The first kappa shape index (κ1) is 23.9. The molecule has 0 aliphatic heterocycles. The highest BCUT2D eigenvalue weighted by Gasteiger charge is 2.52. The van der Waals surface area contributed by atoms with Gasteiger partial charge in [0.1, 0.15) is 0 Å². The van der Waals surface area contributed by atoms with E-state index in [4.69, 9.17) is 4.84 Å². The van der Waals surface area contributed by atoms with E-state index in [1.807, 2.05) is 11.6 Å². The van der Waals surface area contributed by atoms with Crippen LogP contribution in [-0.4, -0.2) is 21.6 Å². The summed E-state index contributed by atoms with van der Waals surface area (Å²) in [5, 5.41) is 0. The van der Waals surface area contributed by atoms with Crippen LogP contribution in [0.5, 0.6) is 0 Å². The van der Waals surface area contributed by atoms with Crippen LogP contribution in [0.15, 0.2) is 36.0 Å². The summed E-state index contributed by atoms with van der Waals surface area (Å²) in [4.78, 5) is 13.9. The first-order valence-corrected chi connectivity index (χ1v) is 12.5. The molecule has 2 aliphatic rings. The van der Waals surface area contributed by atoms with Crippen LogP contribution in [0.2, 0.25) is 0 Å². The van der Waals surface area contributed by atoms with E-state index in [0.717, 1.165) is 36.0 Å². The van der Waals surface area contributed by atoms with E-state index >= 15 is 0 Å². The number of hydrogen-bond donors (Lipinski definition) is 1. The van der Waals surface area contributed by atoms with Gasteiger partial charge in [-0.1, -0.05) is 49.1 Å². The second kappa shape index (κ2) is 9.21. The van der Waals surface area contributed by atoms with Gasteiger partial charge in [0.05, 0.1) is 20.7 Å². The lowest BCUT2D eigenvalue weighted by atomic mass is 9.47. The number of allylic oxidation sites excluding steroid dienone is 4. The van der Waals surface area contributed by atoms with Gasteiger partial charge in [0.25, 0.3) is 0 Å². The Morgan fingerprint density at radius 1 is 1.33 bits per heavy atom. The maximum absolute atomic E-state index is 5.13. The number of aromatic nitrogens is 4. The lowest BCUT2D eigenvalue weighted by Crippen LogP contribution is -2.49. The molecule has 0 amide bonds. The molecule has 4 atom stereocenters. The Hall–Kier alpha value is -2.21. The van der Waals surface area contributed by atoms with Crippen LogP contribution in [0.3, 0.4) is 0 Å². The van der Waals surface area contributed by atoms with Gasteiger partial charge in [0.2, 0.25) is 5.52 Å². The minimum Gasteiger partial charge on any atom is -0.278 e. The number of fused-ring (bicyclic) bond motifs is 2. The van der Waals surface area contributed by atoms with Crippen LogP contribution in [0, 0.1) is 22.7 Å². The average molecular weight is 453 g/mol. The molecule has 0 unspecified atom stereocenters. The summed E-state index contributed by atoms with van der Waals surface area (Å²) in [6.45, 7) is 13.1. The van der Waals surface area contributed by atoms with Gasteiger partial charge < -0.3 is 0 Å². The molecule has 0 spiro atoms. The van der Waals surface area contributed by atoms with Crippen molar-refractivity contribution in [3.8, 4) is 0 Å². The fraction of sp³-hybridized carbons (Fsp3) is 0.667. The molecule has 6 heteroatoms. The van der Waals surface area contributed by atoms with E-state index in [-0.39, 0.29) is 0 Å². The van der Waals surface area contributed by atoms with E-state index in [1.54, 1.807) is 19.0 Å². The monoisotopic (exact) mass is 452 g/mol. The summed E-state index contributed by atoms with van der Waals surface area (Å²) in [5.41, 5.74) is 8.62. The molecular weight excluding hydrogens is 410 g/mol. The highest BCUT2D eigenvalue weighted by atomic mass is 16.6. The number of imidazole rings is 1. The molecule has 6 nitrogen and oxygen atoms in total. The van der Waals surface area contributed by atoms with E-state index in [0.29, 0.717) is 16.6 Å². The van der Waals surface area contributed by atoms with E-state index in [2.05, 4.69) is 73.1 Å².